The van der Waals surface area contributed by atoms with Gasteiger partial charge in [0, 0.05) is 32.1 Å². The molecule has 0 spiro atoms. The zero-order valence-corrected chi connectivity index (χ0v) is 12.6. The van der Waals surface area contributed by atoms with Crippen LogP contribution in [0.5, 0.6) is 0 Å². The third kappa shape index (κ3) is 3.31. The second kappa shape index (κ2) is 6.56. The number of benzene rings is 1. The van der Waals surface area contributed by atoms with E-state index in [4.69, 9.17) is 11.6 Å². The van der Waals surface area contributed by atoms with Crippen LogP contribution in [0, 0.1) is 0 Å². The lowest BCUT2D eigenvalue weighted by Gasteiger charge is -2.31. The molecule has 1 saturated heterocycles. The van der Waals surface area contributed by atoms with E-state index in [-0.39, 0.29) is 4.90 Å². The second-order valence-corrected chi connectivity index (χ2v) is 6.94. The second-order valence-electron chi connectivity index (χ2n) is 4.63. The van der Waals surface area contributed by atoms with Crippen LogP contribution in [0.4, 0.5) is 0 Å². The van der Waals surface area contributed by atoms with Crippen molar-refractivity contribution in [2.75, 3.05) is 32.1 Å². The normalized spacial score (nSPS) is 17.1. The average Bonchev–Trinajstić information content (AvgIpc) is 2.48. The minimum atomic E-state index is -3.47. The minimum absolute atomic E-state index is 0.287. The number of carbonyl (C=O) groups is 1. The topological polar surface area (TPSA) is 57.7 Å². The Hall–Kier alpha value is -1.11. The van der Waals surface area contributed by atoms with Crippen LogP contribution >= 0.6 is 11.6 Å². The Morgan fingerprint density at radius 3 is 2.20 bits per heavy atom. The lowest BCUT2D eigenvalue weighted by atomic mass is 10.2. The summed E-state index contributed by atoms with van der Waals surface area (Å²) < 4.78 is 26.3. The van der Waals surface area contributed by atoms with Crippen LogP contribution in [0.1, 0.15) is 5.56 Å². The summed E-state index contributed by atoms with van der Waals surface area (Å²) in [6.07, 6.45) is 1.48. The molecule has 1 amide bonds. The number of alkyl halides is 1. The maximum absolute atomic E-state index is 12.4. The molecule has 7 heteroatoms. The highest BCUT2D eigenvalue weighted by molar-refractivity contribution is 7.89. The van der Waals surface area contributed by atoms with E-state index in [1.807, 2.05) is 0 Å². The van der Waals surface area contributed by atoms with E-state index < -0.39 is 10.0 Å². The van der Waals surface area contributed by atoms with Gasteiger partial charge in [0.15, 0.2) is 0 Å². The zero-order chi connectivity index (χ0) is 14.6. The fourth-order valence-corrected chi connectivity index (χ4v) is 3.78. The molecule has 1 aromatic carbocycles. The van der Waals surface area contributed by atoms with Crippen molar-refractivity contribution < 1.29 is 13.2 Å². The Labute approximate surface area is 124 Å². The third-order valence-electron chi connectivity index (χ3n) is 3.37. The Morgan fingerprint density at radius 2 is 1.70 bits per heavy atom. The molecule has 2 rings (SSSR count). The highest BCUT2D eigenvalue weighted by Gasteiger charge is 2.27. The smallest absolute Gasteiger partial charge is 0.243 e. The summed E-state index contributed by atoms with van der Waals surface area (Å²) >= 11 is 5.66. The number of amides is 1. The molecule has 0 unspecified atom stereocenters. The van der Waals surface area contributed by atoms with Gasteiger partial charge in [-0.25, -0.2) is 8.42 Å². The van der Waals surface area contributed by atoms with Gasteiger partial charge < -0.3 is 4.90 Å². The summed E-state index contributed by atoms with van der Waals surface area (Å²) in [7, 11) is -3.47. The van der Waals surface area contributed by atoms with Gasteiger partial charge in [-0.05, 0) is 24.1 Å². The highest BCUT2D eigenvalue weighted by atomic mass is 35.5. The van der Waals surface area contributed by atoms with Crippen molar-refractivity contribution in [3.63, 3.8) is 0 Å². The molecule has 20 heavy (non-hydrogen) atoms. The van der Waals surface area contributed by atoms with Crippen LogP contribution in [0.3, 0.4) is 0 Å². The van der Waals surface area contributed by atoms with Crippen LogP contribution in [-0.2, 0) is 21.2 Å². The fraction of sp³-hybridized carbons (Fsp3) is 0.462. The summed E-state index contributed by atoms with van der Waals surface area (Å²) in [6.45, 7) is 1.55. The van der Waals surface area contributed by atoms with Crippen molar-refractivity contribution in [1.29, 1.82) is 0 Å². The molecule has 0 atom stereocenters. The Balaban J connectivity index is 2.12. The summed E-state index contributed by atoms with van der Waals surface area (Å²) in [6, 6.07) is 6.81. The van der Waals surface area contributed by atoms with Crippen LogP contribution in [0.25, 0.3) is 0 Å². The number of hydrogen-bond acceptors (Lipinski definition) is 3. The van der Waals surface area contributed by atoms with Crippen LogP contribution in [0.2, 0.25) is 0 Å². The number of aryl methyl sites for hydroxylation is 1. The van der Waals surface area contributed by atoms with Gasteiger partial charge in [-0.15, -0.1) is 11.6 Å². The molecule has 0 radical (unpaired) electrons. The van der Waals surface area contributed by atoms with Crippen LogP contribution < -0.4 is 0 Å². The van der Waals surface area contributed by atoms with E-state index in [0.29, 0.717) is 32.1 Å². The predicted molar refractivity (Wildman–Crippen MR) is 77.3 cm³/mol. The molecule has 0 saturated carbocycles. The highest BCUT2D eigenvalue weighted by Crippen LogP contribution is 2.18. The van der Waals surface area contributed by atoms with Gasteiger partial charge in [-0.3, -0.25) is 4.79 Å². The van der Waals surface area contributed by atoms with E-state index in [2.05, 4.69) is 0 Å². The van der Waals surface area contributed by atoms with Crippen LogP contribution in [0.15, 0.2) is 29.2 Å². The first-order valence-electron chi connectivity index (χ1n) is 6.42. The van der Waals surface area contributed by atoms with Crippen molar-refractivity contribution in [3.8, 4) is 0 Å². The molecule has 0 aromatic heterocycles. The molecule has 1 heterocycles. The number of hydrogen-bond donors (Lipinski definition) is 0. The van der Waals surface area contributed by atoms with Crippen molar-refractivity contribution >= 4 is 28.0 Å². The molecule has 1 aliphatic rings. The standard InChI is InChI=1S/C13H17ClN2O3S/c14-6-5-12-1-3-13(4-2-12)20(18,19)16-9-7-15(11-17)8-10-16/h1-4,11H,5-10H2. The summed E-state index contributed by atoms with van der Waals surface area (Å²) in [4.78, 5) is 12.5. The Morgan fingerprint density at radius 1 is 1.10 bits per heavy atom. The van der Waals surface area contributed by atoms with Gasteiger partial charge in [0.25, 0.3) is 0 Å². The lowest BCUT2D eigenvalue weighted by molar-refractivity contribution is -0.119. The maximum Gasteiger partial charge on any atom is 0.243 e. The SMILES string of the molecule is O=CN1CCN(S(=O)(=O)c2ccc(CCCl)cc2)CC1. The molecule has 1 aromatic rings. The molecule has 5 nitrogen and oxygen atoms in total. The average molecular weight is 317 g/mol. The number of carbonyl (C=O) groups excluding carboxylic acids is 1. The molecular weight excluding hydrogens is 300 g/mol. The molecule has 0 N–H and O–H groups in total. The van der Waals surface area contributed by atoms with E-state index in [9.17, 15) is 13.2 Å². The zero-order valence-electron chi connectivity index (χ0n) is 11.0. The van der Waals surface area contributed by atoms with E-state index >= 15 is 0 Å². The van der Waals surface area contributed by atoms with Gasteiger partial charge in [0.05, 0.1) is 4.90 Å². The first-order chi connectivity index (χ1) is 9.57. The van der Waals surface area contributed by atoms with Crippen molar-refractivity contribution in [3.05, 3.63) is 29.8 Å². The largest absolute Gasteiger partial charge is 0.343 e. The molecule has 0 bridgehead atoms. The number of halogens is 1. The maximum atomic E-state index is 12.4. The van der Waals surface area contributed by atoms with Gasteiger partial charge >= 0.3 is 0 Å². The lowest BCUT2D eigenvalue weighted by Crippen LogP contribution is -2.47. The summed E-state index contributed by atoms with van der Waals surface area (Å²) in [5.41, 5.74) is 1.02. The molecule has 1 fully saturated rings. The quantitative estimate of drug-likeness (QED) is 0.600. The Bertz CT molecular complexity index is 551. The first-order valence-corrected chi connectivity index (χ1v) is 8.40. The number of sulfonamides is 1. The summed E-state index contributed by atoms with van der Waals surface area (Å²) in [5, 5.41) is 0. The van der Waals surface area contributed by atoms with Crippen molar-refractivity contribution in [1.82, 2.24) is 9.21 Å². The van der Waals surface area contributed by atoms with Gasteiger partial charge in [-0.2, -0.15) is 4.31 Å². The van der Waals surface area contributed by atoms with Gasteiger partial charge in [-0.1, -0.05) is 12.1 Å². The molecule has 0 aliphatic carbocycles. The van der Waals surface area contributed by atoms with Crippen molar-refractivity contribution in [2.45, 2.75) is 11.3 Å². The summed E-state index contributed by atoms with van der Waals surface area (Å²) in [5.74, 6) is 0.514. The van der Waals surface area contributed by atoms with E-state index in [1.165, 1.54) is 4.31 Å². The van der Waals surface area contributed by atoms with E-state index in [0.717, 1.165) is 18.4 Å². The Kier molecular flexibility index (Phi) is 5.01. The van der Waals surface area contributed by atoms with Gasteiger partial charge in [0.2, 0.25) is 16.4 Å². The number of piperazine rings is 1. The van der Waals surface area contributed by atoms with Crippen molar-refractivity contribution in [2.24, 2.45) is 0 Å². The minimum Gasteiger partial charge on any atom is -0.343 e. The predicted octanol–water partition coefficient (Wildman–Crippen LogP) is 0.931. The molecule has 1 aliphatic heterocycles. The van der Waals surface area contributed by atoms with Crippen LogP contribution in [-0.4, -0.2) is 56.1 Å². The number of nitrogens with zero attached hydrogens (tertiary/aromatic N) is 2. The van der Waals surface area contributed by atoms with E-state index in [1.54, 1.807) is 29.2 Å². The molecular formula is C13H17ClN2O3S. The fourth-order valence-electron chi connectivity index (χ4n) is 2.14. The monoisotopic (exact) mass is 316 g/mol. The number of rotatable bonds is 5. The first kappa shape index (κ1) is 15.3. The van der Waals surface area contributed by atoms with Gasteiger partial charge in [0.1, 0.15) is 0 Å². The third-order valence-corrected chi connectivity index (χ3v) is 5.47. The molecule has 110 valence electrons.